The molecule has 7 nitrogen and oxygen atoms in total. The van der Waals surface area contributed by atoms with E-state index in [1.54, 1.807) is 21.6 Å². The fourth-order valence-corrected chi connectivity index (χ4v) is 4.39. The van der Waals surface area contributed by atoms with Gasteiger partial charge in [0.2, 0.25) is 4.80 Å². The van der Waals surface area contributed by atoms with E-state index in [0.717, 1.165) is 21.6 Å². The van der Waals surface area contributed by atoms with Crippen LogP contribution in [0.15, 0.2) is 91.5 Å². The summed E-state index contributed by atoms with van der Waals surface area (Å²) in [6, 6.07) is 19.0. The lowest BCUT2D eigenvalue weighted by atomic mass is 10.1. The Morgan fingerprint density at radius 2 is 1.91 bits per heavy atom. The van der Waals surface area contributed by atoms with Gasteiger partial charge in [-0.3, -0.25) is 4.99 Å². The molecule has 3 aromatic heterocycles. The molecule has 0 bridgehead atoms. The number of aromatic nitrogens is 3. The molecule has 5 rings (SSSR count). The van der Waals surface area contributed by atoms with Crippen LogP contribution >= 0.6 is 11.3 Å². The Bertz CT molecular complexity index is 1590. The number of aryl methyl sites for hydroxylation is 1. The molecule has 0 unspecified atom stereocenters. The third kappa shape index (κ3) is 4.08. The van der Waals surface area contributed by atoms with Crippen molar-refractivity contribution < 1.29 is 4.42 Å². The number of para-hydroxylation sites is 2. The monoisotopic (exact) mass is 455 g/mol. The second kappa shape index (κ2) is 8.84. The Hall–Kier alpha value is -4.04. The Labute approximate surface area is 193 Å². The molecule has 0 N–H and O–H groups in total. The Kier molecular flexibility index (Phi) is 5.58. The minimum absolute atomic E-state index is 0.385. The molecule has 0 saturated carbocycles. The van der Waals surface area contributed by atoms with E-state index >= 15 is 0 Å². The van der Waals surface area contributed by atoms with Crippen molar-refractivity contribution in [3.8, 4) is 16.9 Å². The first-order chi connectivity index (χ1) is 16.1. The highest BCUT2D eigenvalue weighted by atomic mass is 32.1. The van der Waals surface area contributed by atoms with Crippen LogP contribution in [0.3, 0.4) is 0 Å². The Morgan fingerprint density at radius 1 is 1.12 bits per heavy atom. The van der Waals surface area contributed by atoms with Gasteiger partial charge in [-0.25, -0.2) is 14.2 Å². The molecule has 3 heterocycles. The van der Waals surface area contributed by atoms with Gasteiger partial charge in [0.05, 0.1) is 23.2 Å². The summed E-state index contributed by atoms with van der Waals surface area (Å²) in [6.45, 7) is 4.64. The fourth-order valence-electron chi connectivity index (χ4n) is 3.52. The van der Waals surface area contributed by atoms with Crippen molar-refractivity contribution in [1.82, 2.24) is 14.5 Å². The molecule has 0 aliphatic rings. The van der Waals surface area contributed by atoms with Crippen LogP contribution in [0, 0.1) is 6.92 Å². The number of thiazole rings is 1. The molecule has 0 fully saturated rings. The Balaban J connectivity index is 1.69. The second-order valence-electron chi connectivity index (χ2n) is 7.39. The maximum Gasteiger partial charge on any atom is 0.345 e. The van der Waals surface area contributed by atoms with Crippen LogP contribution < -0.4 is 10.4 Å². The molecule has 0 aliphatic carbocycles. The molecule has 0 atom stereocenters. The molecule has 0 aliphatic heterocycles. The molecular weight excluding hydrogens is 434 g/mol. The summed E-state index contributed by atoms with van der Waals surface area (Å²) in [5.74, 6) is 0. The number of fused-ring (bicyclic) bond motifs is 1. The quantitative estimate of drug-likeness (QED) is 0.287. The van der Waals surface area contributed by atoms with E-state index in [0.29, 0.717) is 28.9 Å². The third-order valence-electron chi connectivity index (χ3n) is 5.12. The molecule has 2 aromatic carbocycles. The van der Waals surface area contributed by atoms with Crippen LogP contribution in [0.25, 0.3) is 27.9 Å². The van der Waals surface area contributed by atoms with Crippen LogP contribution in [0.1, 0.15) is 18.2 Å². The van der Waals surface area contributed by atoms with Gasteiger partial charge in [0.15, 0.2) is 0 Å². The highest BCUT2D eigenvalue weighted by Crippen LogP contribution is 2.23. The van der Waals surface area contributed by atoms with E-state index in [9.17, 15) is 4.79 Å². The minimum atomic E-state index is -0.442. The molecule has 0 saturated heterocycles. The molecule has 164 valence electrons. The van der Waals surface area contributed by atoms with E-state index in [2.05, 4.69) is 10.1 Å². The van der Waals surface area contributed by atoms with Crippen molar-refractivity contribution in [2.24, 2.45) is 10.1 Å². The molecule has 33 heavy (non-hydrogen) atoms. The summed E-state index contributed by atoms with van der Waals surface area (Å²) in [5, 5.41) is 12.2. The topological polar surface area (TPSA) is 77.7 Å². The van der Waals surface area contributed by atoms with Gasteiger partial charge in [0, 0.05) is 29.1 Å². The fraction of sp³-hybridized carbons (Fsp3) is 0.120. The lowest BCUT2D eigenvalue weighted by molar-refractivity contribution is 0.563. The number of hydrogen-bond acceptors (Lipinski definition) is 6. The van der Waals surface area contributed by atoms with Gasteiger partial charge < -0.3 is 4.42 Å². The van der Waals surface area contributed by atoms with Crippen molar-refractivity contribution in [2.75, 3.05) is 6.54 Å². The number of nitrogens with zero attached hydrogens (tertiary/aromatic N) is 5. The highest BCUT2D eigenvalue weighted by molar-refractivity contribution is 7.07. The van der Waals surface area contributed by atoms with Crippen LogP contribution in [0.4, 0.5) is 0 Å². The molecule has 0 radical (unpaired) electrons. The van der Waals surface area contributed by atoms with Crippen LogP contribution in [-0.2, 0) is 0 Å². The van der Waals surface area contributed by atoms with E-state index in [-0.39, 0.29) is 0 Å². The first-order valence-corrected chi connectivity index (χ1v) is 11.4. The maximum absolute atomic E-state index is 12.9. The van der Waals surface area contributed by atoms with Gasteiger partial charge in [0.25, 0.3) is 0 Å². The summed E-state index contributed by atoms with van der Waals surface area (Å²) >= 11 is 1.54. The first-order valence-electron chi connectivity index (χ1n) is 10.5. The predicted octanol–water partition coefficient (Wildman–Crippen LogP) is 4.62. The van der Waals surface area contributed by atoms with Crippen molar-refractivity contribution in [3.63, 3.8) is 0 Å². The van der Waals surface area contributed by atoms with Crippen molar-refractivity contribution in [2.45, 2.75) is 13.8 Å². The molecule has 8 heteroatoms. The average Bonchev–Trinajstić information content (AvgIpc) is 3.41. The van der Waals surface area contributed by atoms with Gasteiger partial charge in [-0.05, 0) is 38.1 Å². The zero-order valence-corrected chi connectivity index (χ0v) is 19.0. The lowest BCUT2D eigenvalue weighted by Gasteiger charge is -2.02. The van der Waals surface area contributed by atoms with Crippen molar-refractivity contribution in [3.05, 3.63) is 98.7 Å². The lowest BCUT2D eigenvalue weighted by Crippen LogP contribution is -2.12. The first kappa shape index (κ1) is 20.8. The number of rotatable bonds is 5. The number of benzene rings is 2. The van der Waals surface area contributed by atoms with Gasteiger partial charge >= 0.3 is 5.63 Å². The highest BCUT2D eigenvalue weighted by Gasteiger charge is 2.16. The largest absolute Gasteiger partial charge is 0.422 e. The molecule has 5 aromatic rings. The smallest absolute Gasteiger partial charge is 0.345 e. The van der Waals surface area contributed by atoms with Gasteiger partial charge in [-0.2, -0.15) is 10.2 Å². The summed E-state index contributed by atoms with van der Waals surface area (Å²) in [5.41, 5.74) is 3.54. The molecular formula is C25H21N5O2S. The number of hydrogen-bond donors (Lipinski definition) is 0. The van der Waals surface area contributed by atoms with Crippen molar-refractivity contribution >= 4 is 28.5 Å². The maximum atomic E-state index is 12.9. The van der Waals surface area contributed by atoms with E-state index in [1.807, 2.05) is 80.0 Å². The summed E-state index contributed by atoms with van der Waals surface area (Å²) in [6.07, 6.45) is 3.58. The zero-order chi connectivity index (χ0) is 22.8. The molecule has 0 amide bonds. The van der Waals surface area contributed by atoms with Gasteiger partial charge in [0.1, 0.15) is 11.3 Å². The SMILES string of the molecule is CCN=c1scc(C)n1N=Cc1cn(-c2ccccc2)nc1-c1cc2ccccc2oc1=O. The van der Waals surface area contributed by atoms with Crippen LogP contribution in [0.5, 0.6) is 0 Å². The molecule has 0 spiro atoms. The van der Waals surface area contributed by atoms with E-state index < -0.39 is 5.63 Å². The minimum Gasteiger partial charge on any atom is -0.422 e. The third-order valence-corrected chi connectivity index (χ3v) is 6.09. The second-order valence-corrected chi connectivity index (χ2v) is 8.23. The van der Waals surface area contributed by atoms with Gasteiger partial charge in [-0.15, -0.1) is 11.3 Å². The average molecular weight is 456 g/mol. The Morgan fingerprint density at radius 3 is 2.73 bits per heavy atom. The predicted molar refractivity (Wildman–Crippen MR) is 131 cm³/mol. The zero-order valence-electron chi connectivity index (χ0n) is 18.2. The van der Waals surface area contributed by atoms with E-state index in [4.69, 9.17) is 9.52 Å². The van der Waals surface area contributed by atoms with E-state index in [1.165, 1.54) is 11.3 Å². The summed E-state index contributed by atoms with van der Waals surface area (Å²) in [7, 11) is 0. The van der Waals surface area contributed by atoms with Crippen LogP contribution in [0.2, 0.25) is 0 Å². The van der Waals surface area contributed by atoms with Gasteiger partial charge in [-0.1, -0.05) is 36.4 Å². The standard InChI is InChI=1S/C25H21N5O2S/c1-3-26-25-30(17(2)16-33-25)27-14-19-15-29(20-10-5-4-6-11-20)28-23(19)21-13-18-9-7-8-12-22(18)32-24(21)31/h4-16H,3H2,1-2H3. The summed E-state index contributed by atoms with van der Waals surface area (Å²) < 4.78 is 9.11. The normalized spacial score (nSPS) is 12.2. The van der Waals surface area contributed by atoms with Crippen molar-refractivity contribution in [1.29, 1.82) is 0 Å². The summed E-state index contributed by atoms with van der Waals surface area (Å²) in [4.78, 5) is 18.2. The van der Waals surface area contributed by atoms with Crippen LogP contribution in [-0.4, -0.2) is 27.2 Å².